The quantitative estimate of drug-likeness (QED) is 0.752. The van der Waals surface area contributed by atoms with Crippen molar-refractivity contribution >= 4 is 5.57 Å². The molecule has 0 saturated carbocycles. The summed E-state index contributed by atoms with van der Waals surface area (Å²) in [5.74, 6) is 0.702. The van der Waals surface area contributed by atoms with E-state index in [2.05, 4.69) is 0 Å². The Hall–Kier alpha value is -1.70. The molecule has 2 N–H and O–H groups in total. The number of aromatic hydroxyl groups is 1. The van der Waals surface area contributed by atoms with Crippen LogP contribution in [0.2, 0.25) is 0 Å². The number of benzene rings is 1. The highest BCUT2D eigenvalue weighted by atomic mass is 16.3. The van der Waals surface area contributed by atoms with Crippen LogP contribution in [0.1, 0.15) is 25.8 Å². The maximum Gasteiger partial charge on any atom is 0.115 e. The van der Waals surface area contributed by atoms with E-state index in [1.165, 1.54) is 5.57 Å². The Morgan fingerprint density at radius 2 is 1.62 bits per heavy atom. The van der Waals surface area contributed by atoms with Gasteiger partial charge in [0, 0.05) is 5.41 Å². The average Bonchev–Trinajstić information content (AvgIpc) is 2.23. The van der Waals surface area contributed by atoms with Crippen molar-refractivity contribution < 1.29 is 10.2 Å². The van der Waals surface area contributed by atoms with Gasteiger partial charge in [-0.3, -0.25) is 0 Å². The smallest absolute Gasteiger partial charge is 0.115 e. The van der Waals surface area contributed by atoms with E-state index in [0.717, 1.165) is 12.0 Å². The minimum absolute atomic E-state index is 0.206. The second kappa shape index (κ2) is 3.71. The molecule has 0 aliphatic heterocycles. The van der Waals surface area contributed by atoms with Crippen molar-refractivity contribution in [3.05, 3.63) is 47.7 Å². The predicted octanol–water partition coefficient (Wildman–Crippen LogP) is 3.65. The van der Waals surface area contributed by atoms with E-state index in [1.54, 1.807) is 18.2 Å². The molecule has 0 unspecified atom stereocenters. The van der Waals surface area contributed by atoms with Crippen molar-refractivity contribution in [1.82, 2.24) is 0 Å². The lowest BCUT2D eigenvalue weighted by molar-refractivity contribution is 0.260. The Labute approximate surface area is 95.6 Å². The number of rotatable bonds is 1. The molecule has 16 heavy (non-hydrogen) atoms. The number of phenolic OH excluding ortho intramolecular Hbond substituents is 1. The fourth-order valence-electron chi connectivity index (χ4n) is 1.90. The van der Waals surface area contributed by atoms with Crippen LogP contribution in [0.4, 0.5) is 0 Å². The molecule has 0 saturated heterocycles. The van der Waals surface area contributed by atoms with Crippen LogP contribution in [0.5, 0.6) is 5.75 Å². The van der Waals surface area contributed by atoms with Crippen LogP contribution in [0, 0.1) is 5.41 Å². The minimum Gasteiger partial charge on any atom is -0.512 e. The highest BCUT2D eigenvalue weighted by Gasteiger charge is 2.27. The highest BCUT2D eigenvalue weighted by molar-refractivity contribution is 5.69. The topological polar surface area (TPSA) is 40.5 Å². The third-order valence-electron chi connectivity index (χ3n) is 3.01. The molecule has 0 amide bonds. The number of aliphatic hydroxyl groups excluding tert-OH is 1. The first-order chi connectivity index (χ1) is 7.49. The van der Waals surface area contributed by atoms with E-state index in [4.69, 9.17) is 0 Å². The Balaban J connectivity index is 2.34. The molecule has 0 aromatic heterocycles. The van der Waals surface area contributed by atoms with Crippen molar-refractivity contribution in [2.75, 3.05) is 0 Å². The summed E-state index contributed by atoms with van der Waals surface area (Å²) in [5, 5.41) is 19.0. The fourth-order valence-corrected chi connectivity index (χ4v) is 1.90. The van der Waals surface area contributed by atoms with Gasteiger partial charge in [0.25, 0.3) is 0 Å². The summed E-state index contributed by atoms with van der Waals surface area (Å²) in [6.45, 7) is 4.04. The van der Waals surface area contributed by atoms with Gasteiger partial charge in [-0.2, -0.15) is 0 Å². The summed E-state index contributed by atoms with van der Waals surface area (Å²) < 4.78 is 0. The van der Waals surface area contributed by atoms with Crippen LogP contribution in [0.3, 0.4) is 0 Å². The number of phenols is 1. The Morgan fingerprint density at radius 3 is 2.19 bits per heavy atom. The minimum atomic E-state index is -0.206. The van der Waals surface area contributed by atoms with Crippen LogP contribution < -0.4 is 0 Å². The summed E-state index contributed by atoms with van der Waals surface area (Å²) >= 11 is 0. The largest absolute Gasteiger partial charge is 0.512 e. The van der Waals surface area contributed by atoms with Crippen molar-refractivity contribution in [2.45, 2.75) is 20.3 Å². The average molecular weight is 216 g/mol. The zero-order chi connectivity index (χ0) is 11.8. The van der Waals surface area contributed by atoms with Crippen LogP contribution >= 0.6 is 0 Å². The van der Waals surface area contributed by atoms with Gasteiger partial charge in [-0.15, -0.1) is 0 Å². The first-order valence-electron chi connectivity index (χ1n) is 5.39. The third-order valence-corrected chi connectivity index (χ3v) is 3.01. The van der Waals surface area contributed by atoms with Gasteiger partial charge in [0.1, 0.15) is 5.75 Å². The van der Waals surface area contributed by atoms with Crippen LogP contribution in [0.25, 0.3) is 5.57 Å². The normalized spacial score (nSPS) is 18.9. The van der Waals surface area contributed by atoms with Crippen LogP contribution in [0.15, 0.2) is 42.2 Å². The molecule has 0 fully saturated rings. The van der Waals surface area contributed by atoms with Gasteiger partial charge < -0.3 is 10.2 Å². The van der Waals surface area contributed by atoms with Crippen LogP contribution in [-0.2, 0) is 0 Å². The van der Waals surface area contributed by atoms with Crippen molar-refractivity contribution in [3.8, 4) is 5.75 Å². The zero-order valence-corrected chi connectivity index (χ0v) is 9.57. The lowest BCUT2D eigenvalue weighted by atomic mass is 9.78. The van der Waals surface area contributed by atoms with Gasteiger partial charge in [0.15, 0.2) is 0 Å². The van der Waals surface area contributed by atoms with Gasteiger partial charge in [0.05, 0.1) is 5.76 Å². The molecule has 1 aliphatic rings. The first kappa shape index (κ1) is 10.8. The van der Waals surface area contributed by atoms with Crippen LogP contribution in [-0.4, -0.2) is 10.2 Å². The molecule has 2 nitrogen and oxygen atoms in total. The number of hydrogen-bond donors (Lipinski definition) is 2. The summed E-state index contributed by atoms with van der Waals surface area (Å²) in [6.07, 6.45) is 4.50. The first-order valence-corrected chi connectivity index (χ1v) is 5.39. The molecular weight excluding hydrogens is 200 g/mol. The molecule has 0 heterocycles. The molecule has 1 aromatic carbocycles. The molecule has 1 aliphatic carbocycles. The Kier molecular flexibility index (Phi) is 2.50. The summed E-state index contributed by atoms with van der Waals surface area (Å²) in [4.78, 5) is 0. The Morgan fingerprint density at radius 1 is 1.00 bits per heavy atom. The molecule has 0 spiro atoms. The lowest BCUT2D eigenvalue weighted by Gasteiger charge is -2.28. The second-order valence-electron chi connectivity index (χ2n) is 4.85. The van der Waals surface area contributed by atoms with Crippen molar-refractivity contribution in [2.24, 2.45) is 5.41 Å². The summed E-state index contributed by atoms with van der Waals surface area (Å²) in [5.41, 5.74) is 2.07. The maximum absolute atomic E-state index is 9.72. The van der Waals surface area contributed by atoms with E-state index in [-0.39, 0.29) is 11.2 Å². The highest BCUT2D eigenvalue weighted by Crippen LogP contribution is 2.39. The molecule has 0 radical (unpaired) electrons. The number of hydrogen-bond acceptors (Lipinski definition) is 2. The molecule has 1 aromatic rings. The fraction of sp³-hybridized carbons (Fsp3) is 0.286. The number of aliphatic hydroxyl groups is 1. The SMILES string of the molecule is CC1(C)CC(c2ccc(O)cc2)=CC=C1O. The van der Waals surface area contributed by atoms with Crippen molar-refractivity contribution in [1.29, 1.82) is 0 Å². The standard InChI is InChI=1S/C14H16O2/c1-14(2)9-11(5-8-13(14)16)10-3-6-12(15)7-4-10/h3-8,15-16H,9H2,1-2H3. The summed E-state index contributed by atoms with van der Waals surface area (Å²) in [7, 11) is 0. The van der Waals surface area contributed by atoms with E-state index >= 15 is 0 Å². The van der Waals surface area contributed by atoms with Gasteiger partial charge in [-0.05, 0) is 35.8 Å². The number of allylic oxidation sites excluding steroid dienone is 4. The van der Waals surface area contributed by atoms with E-state index in [0.29, 0.717) is 5.76 Å². The third kappa shape index (κ3) is 1.96. The van der Waals surface area contributed by atoms with Gasteiger partial charge >= 0.3 is 0 Å². The molecule has 0 atom stereocenters. The van der Waals surface area contributed by atoms with Gasteiger partial charge in [-0.25, -0.2) is 0 Å². The molecule has 0 bridgehead atoms. The maximum atomic E-state index is 9.72. The second-order valence-corrected chi connectivity index (χ2v) is 4.85. The van der Waals surface area contributed by atoms with Gasteiger partial charge in [0.2, 0.25) is 0 Å². The molecule has 2 heteroatoms. The van der Waals surface area contributed by atoms with Crippen molar-refractivity contribution in [3.63, 3.8) is 0 Å². The predicted molar refractivity (Wildman–Crippen MR) is 65.2 cm³/mol. The molecule has 84 valence electrons. The van der Waals surface area contributed by atoms with Gasteiger partial charge in [-0.1, -0.05) is 32.1 Å². The zero-order valence-electron chi connectivity index (χ0n) is 9.57. The van der Waals surface area contributed by atoms with E-state index in [9.17, 15) is 10.2 Å². The monoisotopic (exact) mass is 216 g/mol. The van der Waals surface area contributed by atoms with E-state index in [1.807, 2.05) is 32.1 Å². The lowest BCUT2D eigenvalue weighted by Crippen LogP contribution is -2.17. The van der Waals surface area contributed by atoms with E-state index < -0.39 is 0 Å². The Bertz CT molecular complexity index is 450. The molecular formula is C14H16O2. The summed E-state index contributed by atoms with van der Waals surface area (Å²) in [6, 6.07) is 7.16. The molecule has 2 rings (SSSR count).